The van der Waals surface area contributed by atoms with E-state index < -0.39 is 4.92 Å². The predicted octanol–water partition coefficient (Wildman–Crippen LogP) is 2.19. The molecule has 4 nitrogen and oxygen atoms in total. The highest BCUT2D eigenvalue weighted by molar-refractivity contribution is 5.51. The number of benzene rings is 1. The Labute approximate surface area is 81.2 Å². The van der Waals surface area contributed by atoms with Gasteiger partial charge < -0.3 is 0 Å². The zero-order valence-corrected chi connectivity index (χ0v) is 7.43. The van der Waals surface area contributed by atoms with Crippen molar-refractivity contribution in [1.29, 1.82) is 5.26 Å². The van der Waals surface area contributed by atoms with E-state index in [2.05, 4.69) is 6.58 Å². The molecule has 0 N–H and O–H groups in total. The van der Waals surface area contributed by atoms with Gasteiger partial charge in [-0.2, -0.15) is 5.26 Å². The lowest BCUT2D eigenvalue weighted by atomic mass is 10.0. The van der Waals surface area contributed by atoms with E-state index in [1.165, 1.54) is 12.1 Å². The molecule has 0 heterocycles. The molecule has 0 saturated carbocycles. The van der Waals surface area contributed by atoms with Crippen LogP contribution in [0.3, 0.4) is 0 Å². The first-order valence-corrected chi connectivity index (χ1v) is 3.98. The second-order valence-corrected chi connectivity index (χ2v) is 2.66. The fraction of sp³-hybridized carbons (Fsp3) is 0.100. The first-order valence-electron chi connectivity index (χ1n) is 3.98. The lowest BCUT2D eigenvalue weighted by Gasteiger charge is -2.01. The molecule has 0 fully saturated rings. The summed E-state index contributed by atoms with van der Waals surface area (Å²) >= 11 is 0. The molecule has 70 valence electrons. The van der Waals surface area contributed by atoms with Crippen molar-refractivity contribution >= 4 is 5.69 Å². The van der Waals surface area contributed by atoms with Crippen LogP contribution in [-0.2, 0) is 6.42 Å². The summed E-state index contributed by atoms with van der Waals surface area (Å²) in [6.07, 6.45) is 1.88. The van der Waals surface area contributed by atoms with Crippen LogP contribution in [0.1, 0.15) is 11.1 Å². The molecule has 0 radical (unpaired) electrons. The minimum atomic E-state index is -0.486. The Hall–Kier alpha value is -2.15. The number of allylic oxidation sites excluding steroid dienone is 1. The first kappa shape index (κ1) is 9.93. The average Bonchev–Trinajstić information content (AvgIpc) is 2.18. The van der Waals surface area contributed by atoms with Gasteiger partial charge in [0.15, 0.2) is 0 Å². The molecule has 0 spiro atoms. The smallest absolute Gasteiger partial charge is 0.258 e. The van der Waals surface area contributed by atoms with Crippen molar-refractivity contribution in [3.8, 4) is 6.07 Å². The highest BCUT2D eigenvalue weighted by Crippen LogP contribution is 2.22. The van der Waals surface area contributed by atoms with Crippen LogP contribution in [0.5, 0.6) is 0 Å². The number of hydrogen-bond acceptors (Lipinski definition) is 3. The van der Waals surface area contributed by atoms with Crippen LogP contribution < -0.4 is 0 Å². The second-order valence-electron chi connectivity index (χ2n) is 2.66. The van der Waals surface area contributed by atoms with E-state index in [9.17, 15) is 10.1 Å². The van der Waals surface area contributed by atoms with Crippen molar-refractivity contribution in [3.05, 3.63) is 52.1 Å². The van der Waals surface area contributed by atoms with Crippen molar-refractivity contribution in [3.63, 3.8) is 0 Å². The van der Waals surface area contributed by atoms with Crippen LogP contribution in [0.15, 0.2) is 30.9 Å². The highest BCUT2D eigenvalue weighted by atomic mass is 16.6. The molecule has 1 aromatic carbocycles. The molecule has 1 aromatic rings. The Bertz CT molecular complexity index is 419. The third kappa shape index (κ3) is 1.77. The Morgan fingerprint density at radius 1 is 1.64 bits per heavy atom. The minimum Gasteiger partial charge on any atom is -0.258 e. The van der Waals surface area contributed by atoms with E-state index in [-0.39, 0.29) is 5.69 Å². The summed E-state index contributed by atoms with van der Waals surface area (Å²) < 4.78 is 0. The van der Waals surface area contributed by atoms with Crippen LogP contribution in [0.2, 0.25) is 0 Å². The van der Waals surface area contributed by atoms with Crippen molar-refractivity contribution in [1.82, 2.24) is 0 Å². The third-order valence-electron chi connectivity index (χ3n) is 1.82. The predicted molar refractivity (Wildman–Crippen MR) is 51.7 cm³/mol. The van der Waals surface area contributed by atoms with Gasteiger partial charge in [-0.25, -0.2) is 0 Å². The molecular formula is C10H8N2O2. The monoisotopic (exact) mass is 188 g/mol. The highest BCUT2D eigenvalue weighted by Gasteiger charge is 2.15. The van der Waals surface area contributed by atoms with Gasteiger partial charge in [-0.1, -0.05) is 12.1 Å². The maximum atomic E-state index is 10.6. The van der Waals surface area contributed by atoms with Gasteiger partial charge >= 0.3 is 0 Å². The molecule has 0 amide bonds. The number of nitro benzene ring substituents is 1. The molecule has 14 heavy (non-hydrogen) atoms. The molecule has 0 atom stereocenters. The van der Waals surface area contributed by atoms with Crippen molar-refractivity contribution in [2.75, 3.05) is 0 Å². The third-order valence-corrected chi connectivity index (χ3v) is 1.82. The van der Waals surface area contributed by atoms with E-state index in [4.69, 9.17) is 5.26 Å². The lowest BCUT2D eigenvalue weighted by molar-refractivity contribution is -0.385. The van der Waals surface area contributed by atoms with Gasteiger partial charge in [0, 0.05) is 6.07 Å². The minimum absolute atomic E-state index is 0.0241. The molecule has 0 saturated heterocycles. The molecule has 0 unspecified atom stereocenters. The topological polar surface area (TPSA) is 66.9 Å². The van der Waals surface area contributed by atoms with Crippen molar-refractivity contribution in [2.45, 2.75) is 6.42 Å². The van der Waals surface area contributed by atoms with Gasteiger partial charge in [0.05, 0.1) is 22.1 Å². The molecule has 0 aliphatic carbocycles. The zero-order chi connectivity index (χ0) is 10.6. The van der Waals surface area contributed by atoms with Crippen molar-refractivity contribution < 1.29 is 4.92 Å². The number of nitro groups is 1. The summed E-state index contributed by atoms with van der Waals surface area (Å²) in [7, 11) is 0. The molecule has 0 aromatic heterocycles. The van der Waals surface area contributed by atoms with E-state index in [1.807, 2.05) is 6.07 Å². The van der Waals surface area contributed by atoms with E-state index >= 15 is 0 Å². The van der Waals surface area contributed by atoms with Crippen LogP contribution >= 0.6 is 0 Å². The summed E-state index contributed by atoms with van der Waals surface area (Å²) in [5, 5.41) is 19.4. The summed E-state index contributed by atoms with van der Waals surface area (Å²) in [5.41, 5.74) is 0.734. The molecule has 1 rings (SSSR count). The molecule has 0 aliphatic rings. The first-order chi connectivity index (χ1) is 6.70. The standard InChI is InChI=1S/C10H8N2O2/c1-2-4-9-8(7-11)5-3-6-10(9)12(13)14/h2-3,5-6H,1,4H2. The van der Waals surface area contributed by atoms with Crippen LogP contribution in [0, 0.1) is 21.4 Å². The van der Waals surface area contributed by atoms with Gasteiger partial charge in [0.2, 0.25) is 0 Å². The Morgan fingerprint density at radius 2 is 2.36 bits per heavy atom. The van der Waals surface area contributed by atoms with Gasteiger partial charge in [0.25, 0.3) is 5.69 Å². The molecule has 4 heteroatoms. The summed E-state index contributed by atoms with van der Waals surface area (Å²) in [6.45, 7) is 3.50. The quantitative estimate of drug-likeness (QED) is 0.415. The number of hydrogen-bond donors (Lipinski definition) is 0. The largest absolute Gasteiger partial charge is 0.274 e. The van der Waals surface area contributed by atoms with Crippen LogP contribution in [0.25, 0.3) is 0 Å². The van der Waals surface area contributed by atoms with E-state index in [0.29, 0.717) is 17.5 Å². The maximum absolute atomic E-state index is 10.6. The van der Waals surface area contributed by atoms with Crippen molar-refractivity contribution in [2.24, 2.45) is 0 Å². The van der Waals surface area contributed by atoms with Gasteiger partial charge in [-0.3, -0.25) is 10.1 Å². The van der Waals surface area contributed by atoms with Gasteiger partial charge in [-0.15, -0.1) is 6.58 Å². The summed E-state index contributed by atoms with van der Waals surface area (Å²) in [5.74, 6) is 0. The SMILES string of the molecule is C=CCc1c(C#N)cccc1[N+](=O)[O-]. The fourth-order valence-electron chi connectivity index (χ4n) is 1.21. The van der Waals surface area contributed by atoms with Crippen LogP contribution in [0.4, 0.5) is 5.69 Å². The number of nitrogens with zero attached hydrogens (tertiary/aromatic N) is 2. The van der Waals surface area contributed by atoms with Gasteiger partial charge in [0.1, 0.15) is 0 Å². The Morgan fingerprint density at radius 3 is 2.86 bits per heavy atom. The molecular weight excluding hydrogens is 180 g/mol. The molecule has 0 aliphatic heterocycles. The number of nitriles is 1. The van der Waals surface area contributed by atoms with Gasteiger partial charge in [-0.05, 0) is 12.5 Å². The second kappa shape index (κ2) is 4.19. The van der Waals surface area contributed by atoms with E-state index in [1.54, 1.807) is 12.1 Å². The Balaban J connectivity index is 3.36. The molecule has 0 bridgehead atoms. The maximum Gasteiger partial charge on any atom is 0.274 e. The van der Waals surface area contributed by atoms with Crippen LogP contribution in [-0.4, -0.2) is 4.92 Å². The average molecular weight is 188 g/mol. The lowest BCUT2D eigenvalue weighted by Crippen LogP contribution is -1.97. The normalized spacial score (nSPS) is 9.07. The fourth-order valence-corrected chi connectivity index (χ4v) is 1.21. The van der Waals surface area contributed by atoms with E-state index in [0.717, 1.165) is 0 Å². The summed E-state index contributed by atoms with van der Waals surface area (Å²) in [6, 6.07) is 6.38. The Kier molecular flexibility index (Phi) is 2.97. The summed E-state index contributed by atoms with van der Waals surface area (Å²) in [4.78, 5) is 10.1. The zero-order valence-electron chi connectivity index (χ0n) is 7.43. The number of rotatable bonds is 3.